The van der Waals surface area contributed by atoms with Gasteiger partial charge in [0.05, 0.1) is 18.9 Å². The summed E-state index contributed by atoms with van der Waals surface area (Å²) in [4.78, 5) is 0.171. The Hall–Kier alpha value is -1.15. The highest BCUT2D eigenvalue weighted by Crippen LogP contribution is 2.34. The van der Waals surface area contributed by atoms with Gasteiger partial charge >= 0.3 is 0 Å². The molecule has 0 unspecified atom stereocenters. The quantitative estimate of drug-likeness (QED) is 0.817. The third-order valence-electron chi connectivity index (χ3n) is 3.83. The lowest BCUT2D eigenvalue weighted by Crippen LogP contribution is -2.47. The second kappa shape index (κ2) is 5.00. The fourth-order valence-corrected chi connectivity index (χ4v) is 4.27. The molecule has 3 rings (SSSR count). The fourth-order valence-electron chi connectivity index (χ4n) is 2.71. The first-order chi connectivity index (χ1) is 9.54. The van der Waals surface area contributed by atoms with E-state index >= 15 is 0 Å². The van der Waals surface area contributed by atoms with Crippen molar-refractivity contribution in [3.63, 3.8) is 0 Å². The summed E-state index contributed by atoms with van der Waals surface area (Å²) in [5.41, 5.74) is 6.05. The number of nitrogens with two attached hydrogens (primary N) is 1. The number of ether oxygens (including phenoxy) is 2. The highest BCUT2D eigenvalue weighted by molar-refractivity contribution is 7.89. The van der Waals surface area contributed by atoms with E-state index in [0.717, 1.165) is 0 Å². The van der Waals surface area contributed by atoms with Crippen molar-refractivity contribution >= 4 is 15.7 Å². The molecule has 0 atom stereocenters. The molecule has 0 bridgehead atoms. The van der Waals surface area contributed by atoms with E-state index in [2.05, 4.69) is 0 Å². The highest BCUT2D eigenvalue weighted by atomic mass is 32.2. The van der Waals surface area contributed by atoms with Gasteiger partial charge in [0.2, 0.25) is 10.0 Å². The standard InChI is InChI=1S/C13H18N2O4S/c14-11-3-1-2-4-12(11)20(16,17)15-7-5-13(6-8-15)18-9-10-19-13/h1-4H,5-10,14H2. The Bertz CT molecular complexity index is 586. The first-order valence-corrected chi connectivity index (χ1v) is 8.10. The summed E-state index contributed by atoms with van der Waals surface area (Å²) in [6, 6.07) is 6.54. The van der Waals surface area contributed by atoms with Crippen LogP contribution in [0.4, 0.5) is 5.69 Å². The largest absolute Gasteiger partial charge is 0.398 e. The van der Waals surface area contributed by atoms with E-state index in [1.54, 1.807) is 18.2 Å². The summed E-state index contributed by atoms with van der Waals surface area (Å²) < 4.78 is 37.8. The number of hydrogen-bond acceptors (Lipinski definition) is 5. The van der Waals surface area contributed by atoms with Crippen molar-refractivity contribution in [3.8, 4) is 0 Å². The van der Waals surface area contributed by atoms with Crippen molar-refractivity contribution in [2.24, 2.45) is 0 Å². The molecule has 2 aliphatic heterocycles. The van der Waals surface area contributed by atoms with Crippen molar-refractivity contribution in [3.05, 3.63) is 24.3 Å². The maximum Gasteiger partial charge on any atom is 0.245 e. The molecule has 110 valence electrons. The number of nitrogen functional groups attached to an aromatic ring is 1. The topological polar surface area (TPSA) is 81.9 Å². The average Bonchev–Trinajstić information content (AvgIpc) is 2.88. The van der Waals surface area contributed by atoms with Gasteiger partial charge in [-0.3, -0.25) is 0 Å². The van der Waals surface area contributed by atoms with Gasteiger partial charge in [0.15, 0.2) is 5.79 Å². The van der Waals surface area contributed by atoms with Crippen LogP contribution in [0.3, 0.4) is 0 Å². The van der Waals surface area contributed by atoms with E-state index in [9.17, 15) is 8.42 Å². The third-order valence-corrected chi connectivity index (χ3v) is 5.81. The SMILES string of the molecule is Nc1ccccc1S(=O)(=O)N1CCC2(CC1)OCCO2. The zero-order valence-corrected chi connectivity index (χ0v) is 11.9. The number of anilines is 1. The number of para-hydroxylation sites is 1. The number of rotatable bonds is 2. The van der Waals surface area contributed by atoms with E-state index in [-0.39, 0.29) is 10.6 Å². The predicted molar refractivity (Wildman–Crippen MR) is 73.5 cm³/mol. The summed E-state index contributed by atoms with van der Waals surface area (Å²) in [6.45, 7) is 1.93. The number of nitrogens with zero attached hydrogens (tertiary/aromatic N) is 1. The summed E-state index contributed by atoms with van der Waals surface area (Å²) >= 11 is 0. The molecule has 1 spiro atoms. The van der Waals surface area contributed by atoms with Crippen LogP contribution in [0.25, 0.3) is 0 Å². The summed E-state index contributed by atoms with van der Waals surface area (Å²) in [6.07, 6.45) is 1.11. The second-order valence-electron chi connectivity index (χ2n) is 5.05. The Balaban J connectivity index is 1.79. The minimum absolute atomic E-state index is 0.171. The predicted octanol–water partition coefficient (Wildman–Crippen LogP) is 0.796. The smallest absolute Gasteiger partial charge is 0.245 e. The van der Waals surface area contributed by atoms with Crippen LogP contribution in [-0.4, -0.2) is 44.8 Å². The van der Waals surface area contributed by atoms with Gasteiger partial charge in [0.1, 0.15) is 4.90 Å². The summed E-state index contributed by atoms with van der Waals surface area (Å²) in [7, 11) is -3.54. The lowest BCUT2D eigenvalue weighted by molar-refractivity contribution is -0.179. The van der Waals surface area contributed by atoms with Crippen LogP contribution in [0.1, 0.15) is 12.8 Å². The molecule has 7 heteroatoms. The Labute approximate surface area is 118 Å². The molecule has 1 aromatic rings. The van der Waals surface area contributed by atoms with Crippen LogP contribution in [0.2, 0.25) is 0 Å². The monoisotopic (exact) mass is 298 g/mol. The fraction of sp³-hybridized carbons (Fsp3) is 0.538. The van der Waals surface area contributed by atoms with E-state index in [1.807, 2.05) is 0 Å². The molecule has 0 saturated carbocycles. The number of benzene rings is 1. The maximum atomic E-state index is 12.6. The lowest BCUT2D eigenvalue weighted by Gasteiger charge is -2.36. The van der Waals surface area contributed by atoms with E-state index < -0.39 is 15.8 Å². The van der Waals surface area contributed by atoms with Gasteiger partial charge in [-0.1, -0.05) is 12.1 Å². The molecule has 0 aromatic heterocycles. The van der Waals surface area contributed by atoms with Gasteiger partial charge in [0.25, 0.3) is 0 Å². The molecule has 2 fully saturated rings. The molecule has 0 aliphatic carbocycles. The minimum atomic E-state index is -3.54. The number of hydrogen-bond donors (Lipinski definition) is 1. The highest BCUT2D eigenvalue weighted by Gasteiger charge is 2.42. The molecule has 20 heavy (non-hydrogen) atoms. The van der Waals surface area contributed by atoms with Crippen molar-refractivity contribution in [2.45, 2.75) is 23.5 Å². The van der Waals surface area contributed by atoms with Crippen molar-refractivity contribution in [1.82, 2.24) is 4.31 Å². The van der Waals surface area contributed by atoms with E-state index in [4.69, 9.17) is 15.2 Å². The van der Waals surface area contributed by atoms with Crippen LogP contribution in [-0.2, 0) is 19.5 Å². The summed E-state index contributed by atoms with van der Waals surface area (Å²) in [5.74, 6) is -0.575. The Morgan fingerprint density at radius 3 is 2.30 bits per heavy atom. The molecule has 2 saturated heterocycles. The third kappa shape index (κ3) is 2.31. The molecule has 1 aromatic carbocycles. The van der Waals surface area contributed by atoms with Gasteiger partial charge in [-0.25, -0.2) is 8.42 Å². The number of sulfonamides is 1. The van der Waals surface area contributed by atoms with Crippen LogP contribution >= 0.6 is 0 Å². The molecule has 2 N–H and O–H groups in total. The normalized spacial score (nSPS) is 23.2. The molecule has 2 aliphatic rings. The molecule has 2 heterocycles. The molecule has 6 nitrogen and oxygen atoms in total. The number of piperidine rings is 1. The van der Waals surface area contributed by atoms with Crippen molar-refractivity contribution in [2.75, 3.05) is 32.0 Å². The van der Waals surface area contributed by atoms with Gasteiger partial charge in [-0.05, 0) is 12.1 Å². The molecular weight excluding hydrogens is 280 g/mol. The molecule has 0 amide bonds. The van der Waals surface area contributed by atoms with Crippen LogP contribution < -0.4 is 5.73 Å². The second-order valence-corrected chi connectivity index (χ2v) is 6.96. The van der Waals surface area contributed by atoms with E-state index in [0.29, 0.717) is 39.1 Å². The summed E-state index contributed by atoms with van der Waals surface area (Å²) in [5, 5.41) is 0. The van der Waals surface area contributed by atoms with Crippen molar-refractivity contribution < 1.29 is 17.9 Å². The van der Waals surface area contributed by atoms with Gasteiger partial charge < -0.3 is 15.2 Å². The van der Waals surface area contributed by atoms with Crippen LogP contribution in [0.15, 0.2) is 29.2 Å². The van der Waals surface area contributed by atoms with Gasteiger partial charge in [-0.2, -0.15) is 4.31 Å². The Kier molecular flexibility index (Phi) is 3.45. The molecular formula is C13H18N2O4S. The Morgan fingerprint density at radius 1 is 1.10 bits per heavy atom. The van der Waals surface area contributed by atoms with Crippen LogP contribution in [0, 0.1) is 0 Å². The van der Waals surface area contributed by atoms with Gasteiger partial charge in [0, 0.05) is 25.9 Å². The van der Waals surface area contributed by atoms with E-state index in [1.165, 1.54) is 10.4 Å². The zero-order valence-electron chi connectivity index (χ0n) is 11.1. The molecule has 0 radical (unpaired) electrons. The van der Waals surface area contributed by atoms with Crippen LogP contribution in [0.5, 0.6) is 0 Å². The van der Waals surface area contributed by atoms with Crippen molar-refractivity contribution in [1.29, 1.82) is 0 Å². The first kappa shape index (κ1) is 13.8. The first-order valence-electron chi connectivity index (χ1n) is 6.66. The van der Waals surface area contributed by atoms with Gasteiger partial charge in [-0.15, -0.1) is 0 Å². The lowest BCUT2D eigenvalue weighted by atomic mass is 10.1. The average molecular weight is 298 g/mol. The minimum Gasteiger partial charge on any atom is -0.398 e. The Morgan fingerprint density at radius 2 is 1.70 bits per heavy atom. The maximum absolute atomic E-state index is 12.6. The zero-order chi connectivity index (χ0) is 14.2.